The first-order valence-electron chi connectivity index (χ1n) is 6.47. The van der Waals surface area contributed by atoms with Gasteiger partial charge in [-0.25, -0.2) is 8.42 Å². The lowest BCUT2D eigenvalue weighted by atomic mass is 9.67. The van der Waals surface area contributed by atoms with E-state index in [0.717, 1.165) is 12.8 Å². The van der Waals surface area contributed by atoms with Gasteiger partial charge in [0.1, 0.15) is 0 Å². The molecule has 17 heavy (non-hydrogen) atoms. The van der Waals surface area contributed by atoms with Crippen molar-refractivity contribution in [2.45, 2.75) is 51.6 Å². The summed E-state index contributed by atoms with van der Waals surface area (Å²) in [6.45, 7) is 4.27. The molecule has 0 amide bonds. The number of rotatable bonds is 6. The van der Waals surface area contributed by atoms with Crippen LogP contribution in [0.5, 0.6) is 0 Å². The third-order valence-corrected chi connectivity index (χ3v) is 5.91. The molecule has 5 heteroatoms. The maximum atomic E-state index is 11.7. The van der Waals surface area contributed by atoms with Gasteiger partial charge in [0.05, 0.1) is 17.1 Å². The van der Waals surface area contributed by atoms with Crippen molar-refractivity contribution in [3.8, 4) is 0 Å². The average molecular weight is 263 g/mol. The first kappa shape index (κ1) is 14.9. The van der Waals surface area contributed by atoms with Crippen molar-refractivity contribution in [3.05, 3.63) is 0 Å². The molecule has 1 aliphatic rings. The van der Waals surface area contributed by atoms with E-state index in [9.17, 15) is 13.5 Å². The second-order valence-electron chi connectivity index (χ2n) is 5.36. The zero-order valence-corrected chi connectivity index (χ0v) is 11.7. The molecule has 0 bridgehead atoms. The van der Waals surface area contributed by atoms with Crippen molar-refractivity contribution in [2.75, 3.05) is 18.1 Å². The second-order valence-corrected chi connectivity index (χ2v) is 7.54. The minimum Gasteiger partial charge on any atom is -0.389 e. The number of sulfone groups is 1. The van der Waals surface area contributed by atoms with E-state index >= 15 is 0 Å². The third kappa shape index (κ3) is 2.83. The summed E-state index contributed by atoms with van der Waals surface area (Å²) in [6.07, 6.45) is 3.46. The Balaban J connectivity index is 3.05. The molecule has 0 aliphatic carbocycles. The molecule has 102 valence electrons. The lowest BCUT2D eigenvalue weighted by Crippen LogP contribution is -2.53. The molecule has 0 aromatic carbocycles. The molecule has 1 heterocycles. The van der Waals surface area contributed by atoms with Crippen LogP contribution in [0.15, 0.2) is 0 Å². The van der Waals surface area contributed by atoms with Crippen LogP contribution < -0.4 is 5.73 Å². The Bertz CT molecular complexity index is 347. The van der Waals surface area contributed by atoms with Crippen LogP contribution >= 0.6 is 0 Å². The predicted octanol–water partition coefficient (Wildman–Crippen LogP) is 1.08. The number of hydrogen-bond acceptors (Lipinski definition) is 4. The average Bonchev–Trinajstić information content (AvgIpc) is 2.57. The van der Waals surface area contributed by atoms with Gasteiger partial charge in [-0.15, -0.1) is 0 Å². The minimum atomic E-state index is -3.03. The van der Waals surface area contributed by atoms with E-state index in [-0.39, 0.29) is 18.1 Å². The fourth-order valence-electron chi connectivity index (χ4n) is 3.12. The molecule has 1 atom stereocenters. The Morgan fingerprint density at radius 2 is 1.82 bits per heavy atom. The maximum Gasteiger partial charge on any atom is 0.151 e. The van der Waals surface area contributed by atoms with Gasteiger partial charge in [-0.3, -0.25) is 0 Å². The van der Waals surface area contributed by atoms with E-state index in [0.29, 0.717) is 19.3 Å². The van der Waals surface area contributed by atoms with Gasteiger partial charge in [0.2, 0.25) is 0 Å². The van der Waals surface area contributed by atoms with Gasteiger partial charge in [0, 0.05) is 12.0 Å². The van der Waals surface area contributed by atoms with Crippen LogP contribution in [-0.2, 0) is 9.84 Å². The Morgan fingerprint density at radius 3 is 2.12 bits per heavy atom. The van der Waals surface area contributed by atoms with Gasteiger partial charge < -0.3 is 10.8 Å². The van der Waals surface area contributed by atoms with Gasteiger partial charge in [0.25, 0.3) is 0 Å². The second kappa shape index (κ2) is 5.24. The lowest BCUT2D eigenvalue weighted by molar-refractivity contribution is -0.0817. The largest absolute Gasteiger partial charge is 0.389 e. The zero-order chi connectivity index (χ0) is 13.2. The monoisotopic (exact) mass is 263 g/mol. The molecule has 1 saturated heterocycles. The van der Waals surface area contributed by atoms with Crippen LogP contribution in [0.2, 0.25) is 0 Å². The summed E-state index contributed by atoms with van der Waals surface area (Å²) in [5.41, 5.74) is 4.26. The minimum absolute atomic E-state index is 0.0486. The molecule has 0 spiro atoms. The molecule has 1 aliphatic heterocycles. The van der Waals surface area contributed by atoms with Gasteiger partial charge in [0.15, 0.2) is 9.84 Å². The van der Waals surface area contributed by atoms with Crippen LogP contribution in [0.3, 0.4) is 0 Å². The summed E-state index contributed by atoms with van der Waals surface area (Å²) < 4.78 is 23.4. The maximum absolute atomic E-state index is 11.7. The summed E-state index contributed by atoms with van der Waals surface area (Å²) in [6, 6.07) is 0. The number of hydrogen-bond donors (Lipinski definition) is 2. The van der Waals surface area contributed by atoms with E-state index in [1.54, 1.807) is 0 Å². The highest BCUT2D eigenvalue weighted by atomic mass is 32.2. The molecular formula is C12H25NO3S. The van der Waals surface area contributed by atoms with Crippen LogP contribution in [0.1, 0.15) is 46.0 Å². The fraction of sp³-hybridized carbons (Fsp3) is 1.00. The Kier molecular flexibility index (Phi) is 4.60. The van der Waals surface area contributed by atoms with Gasteiger partial charge in [-0.2, -0.15) is 0 Å². The van der Waals surface area contributed by atoms with Gasteiger partial charge >= 0.3 is 0 Å². The summed E-state index contributed by atoms with van der Waals surface area (Å²) in [7, 11) is -3.03. The summed E-state index contributed by atoms with van der Waals surface area (Å²) >= 11 is 0. The smallest absolute Gasteiger partial charge is 0.151 e. The first-order valence-corrected chi connectivity index (χ1v) is 8.30. The molecule has 3 N–H and O–H groups in total. The summed E-state index contributed by atoms with van der Waals surface area (Å²) in [5.74, 6) is 0.215. The van der Waals surface area contributed by atoms with Crippen LogP contribution in [0, 0.1) is 5.41 Å². The van der Waals surface area contributed by atoms with Crippen LogP contribution in [0.4, 0.5) is 0 Å². The molecule has 1 unspecified atom stereocenters. The van der Waals surface area contributed by atoms with Crippen molar-refractivity contribution in [2.24, 2.45) is 11.1 Å². The summed E-state index contributed by atoms with van der Waals surface area (Å²) in [4.78, 5) is 0. The number of nitrogens with two attached hydrogens (primary N) is 1. The fourth-order valence-corrected chi connectivity index (χ4v) is 5.34. The van der Waals surface area contributed by atoms with Gasteiger partial charge in [-0.1, -0.05) is 26.7 Å². The van der Waals surface area contributed by atoms with E-state index in [2.05, 4.69) is 0 Å². The van der Waals surface area contributed by atoms with E-state index in [1.807, 2.05) is 13.8 Å². The SMILES string of the molecule is CCCC(O)(CCC)C1(CN)CCS(=O)(=O)C1. The standard InChI is InChI=1S/C12H25NO3S/c1-3-5-12(14,6-4-2)11(9-13)7-8-17(15,16)10-11/h14H,3-10,13H2,1-2H3. The van der Waals surface area contributed by atoms with Crippen molar-refractivity contribution < 1.29 is 13.5 Å². The molecule has 0 radical (unpaired) electrons. The van der Waals surface area contributed by atoms with Gasteiger partial charge in [-0.05, 0) is 19.3 Å². The quantitative estimate of drug-likeness (QED) is 0.751. The van der Waals surface area contributed by atoms with Crippen molar-refractivity contribution in [1.29, 1.82) is 0 Å². The molecule has 1 rings (SSSR count). The third-order valence-electron chi connectivity index (χ3n) is 4.09. The molecule has 1 fully saturated rings. The Morgan fingerprint density at radius 1 is 1.29 bits per heavy atom. The number of aliphatic hydroxyl groups is 1. The Labute approximate surface area is 105 Å². The van der Waals surface area contributed by atoms with Crippen molar-refractivity contribution in [1.82, 2.24) is 0 Å². The molecule has 0 aromatic heterocycles. The first-order chi connectivity index (χ1) is 7.85. The predicted molar refractivity (Wildman–Crippen MR) is 69.5 cm³/mol. The van der Waals surface area contributed by atoms with Crippen molar-refractivity contribution in [3.63, 3.8) is 0 Å². The van der Waals surface area contributed by atoms with E-state index < -0.39 is 20.9 Å². The molecular weight excluding hydrogens is 238 g/mol. The highest BCUT2D eigenvalue weighted by Gasteiger charge is 2.54. The lowest BCUT2D eigenvalue weighted by Gasteiger charge is -2.44. The zero-order valence-electron chi connectivity index (χ0n) is 10.9. The normalized spacial score (nSPS) is 28.5. The molecule has 0 aromatic rings. The van der Waals surface area contributed by atoms with E-state index in [4.69, 9.17) is 5.73 Å². The highest BCUT2D eigenvalue weighted by molar-refractivity contribution is 7.91. The van der Waals surface area contributed by atoms with Crippen LogP contribution in [-0.4, -0.2) is 37.2 Å². The molecule has 4 nitrogen and oxygen atoms in total. The van der Waals surface area contributed by atoms with Crippen molar-refractivity contribution >= 4 is 9.84 Å². The van der Waals surface area contributed by atoms with Crippen LogP contribution in [0.25, 0.3) is 0 Å². The summed E-state index contributed by atoms with van der Waals surface area (Å²) in [5, 5.41) is 10.8. The topological polar surface area (TPSA) is 80.4 Å². The Hall–Kier alpha value is -0.130. The molecule has 0 saturated carbocycles. The van der Waals surface area contributed by atoms with E-state index in [1.165, 1.54) is 0 Å². The highest BCUT2D eigenvalue weighted by Crippen LogP contribution is 2.46.